The summed E-state index contributed by atoms with van der Waals surface area (Å²) in [7, 11) is 0. The van der Waals surface area contributed by atoms with Gasteiger partial charge in [-0.3, -0.25) is 5.73 Å². The van der Waals surface area contributed by atoms with Gasteiger partial charge < -0.3 is 0 Å². The van der Waals surface area contributed by atoms with Crippen molar-refractivity contribution in [2.45, 2.75) is 19.4 Å². The number of nitrogens with zero attached hydrogens (tertiary/aromatic N) is 4. The van der Waals surface area contributed by atoms with Crippen molar-refractivity contribution < 1.29 is 9.36 Å². The maximum Gasteiger partial charge on any atom is 0.387 e. The van der Waals surface area contributed by atoms with Gasteiger partial charge in [0.2, 0.25) is 12.4 Å². The summed E-state index contributed by atoms with van der Waals surface area (Å²) in [5.41, 5.74) is 6.27. The molecule has 0 radical (unpaired) electrons. The molecule has 0 aliphatic carbocycles. The Morgan fingerprint density at radius 2 is 1.64 bits per heavy atom. The lowest BCUT2D eigenvalue weighted by Crippen LogP contribution is -2.74. The Labute approximate surface area is 81.6 Å². The van der Waals surface area contributed by atoms with Crippen LogP contribution in [0.2, 0.25) is 0 Å². The minimum absolute atomic E-state index is 0.536. The largest absolute Gasteiger partial charge is 0.387 e. The van der Waals surface area contributed by atoms with E-state index in [1.54, 1.807) is 0 Å². The van der Waals surface area contributed by atoms with Crippen molar-refractivity contribution in [1.29, 1.82) is 0 Å². The molecule has 1 aliphatic rings. The van der Waals surface area contributed by atoms with Gasteiger partial charge in [0.25, 0.3) is 5.79 Å². The molecule has 0 spiro atoms. The minimum Gasteiger partial charge on any atom is -0.282 e. The zero-order valence-electron chi connectivity index (χ0n) is 8.04. The molecular formula is C9H13N5+2. The fourth-order valence-electron chi connectivity index (χ4n) is 2.06. The molecule has 0 fully saturated rings. The molecule has 0 atom stereocenters. The lowest BCUT2D eigenvalue weighted by atomic mass is 10.4. The lowest BCUT2D eigenvalue weighted by molar-refractivity contribution is -1.01. The Bertz CT molecular complexity index is 437. The van der Waals surface area contributed by atoms with Crippen molar-refractivity contribution in [2.24, 2.45) is 5.73 Å². The minimum atomic E-state index is -0.536. The summed E-state index contributed by atoms with van der Waals surface area (Å²) in [5.74, 6) is -0.536. The first-order valence-electron chi connectivity index (χ1n) is 4.63. The number of fused-ring (bicyclic) bond motifs is 2. The zero-order valence-corrected chi connectivity index (χ0v) is 8.04. The Morgan fingerprint density at radius 3 is 2.14 bits per heavy atom. The second-order valence-electron chi connectivity index (χ2n) is 3.78. The Hall–Kier alpha value is -1.62. The number of hydrogen-bond donors (Lipinski definition) is 1. The third-order valence-electron chi connectivity index (χ3n) is 2.74. The van der Waals surface area contributed by atoms with Gasteiger partial charge in [-0.25, -0.2) is 0 Å². The lowest BCUT2D eigenvalue weighted by Gasteiger charge is -2.25. The first kappa shape index (κ1) is 7.75. The van der Waals surface area contributed by atoms with E-state index in [9.17, 15) is 0 Å². The fourth-order valence-corrected chi connectivity index (χ4v) is 2.06. The normalized spacial score (nSPS) is 17.6. The van der Waals surface area contributed by atoms with E-state index in [0.29, 0.717) is 0 Å². The van der Waals surface area contributed by atoms with Crippen LogP contribution < -0.4 is 15.1 Å². The van der Waals surface area contributed by atoms with Gasteiger partial charge in [0.05, 0.1) is 12.4 Å². The maximum atomic E-state index is 6.27. The average molecular weight is 191 g/mol. The highest BCUT2D eigenvalue weighted by Gasteiger charge is 2.41. The molecule has 2 aromatic rings. The summed E-state index contributed by atoms with van der Waals surface area (Å²) in [4.78, 5) is 0. The van der Waals surface area contributed by atoms with Crippen LogP contribution in [0.3, 0.4) is 0 Å². The molecule has 0 bridgehead atoms. The average Bonchev–Trinajstić information content (AvgIpc) is 2.71. The van der Waals surface area contributed by atoms with Crippen LogP contribution in [0.25, 0.3) is 0 Å². The van der Waals surface area contributed by atoms with Crippen LogP contribution in [0.5, 0.6) is 0 Å². The first-order valence-corrected chi connectivity index (χ1v) is 4.63. The van der Waals surface area contributed by atoms with E-state index in [-0.39, 0.29) is 0 Å². The van der Waals surface area contributed by atoms with E-state index >= 15 is 0 Å². The van der Waals surface area contributed by atoms with Gasteiger partial charge in [0.15, 0.2) is 0 Å². The van der Waals surface area contributed by atoms with Crippen molar-refractivity contribution in [1.82, 2.24) is 9.36 Å². The Balaban J connectivity index is 2.29. The van der Waals surface area contributed by atoms with E-state index in [1.165, 1.54) is 0 Å². The van der Waals surface area contributed by atoms with E-state index < -0.39 is 5.79 Å². The quantitative estimate of drug-likeness (QED) is 0.523. The third kappa shape index (κ3) is 0.773. The number of hydrogen-bond acceptors (Lipinski definition) is 1. The van der Waals surface area contributed by atoms with Crippen LogP contribution >= 0.6 is 0 Å². The van der Waals surface area contributed by atoms with Gasteiger partial charge in [-0.05, 0) is 9.36 Å². The Morgan fingerprint density at radius 1 is 1.14 bits per heavy atom. The molecular weight excluding hydrogens is 178 g/mol. The molecule has 5 nitrogen and oxygen atoms in total. The highest BCUT2D eigenvalue weighted by molar-refractivity contribution is 4.84. The molecule has 3 heterocycles. The summed E-state index contributed by atoms with van der Waals surface area (Å²) in [6, 6.07) is 4.00. The van der Waals surface area contributed by atoms with E-state index in [4.69, 9.17) is 5.73 Å². The van der Waals surface area contributed by atoms with Crippen LogP contribution in [0, 0.1) is 0 Å². The highest BCUT2D eigenvalue weighted by atomic mass is 15.7. The predicted octanol–water partition coefficient (Wildman–Crippen LogP) is -1.18. The summed E-state index contributed by atoms with van der Waals surface area (Å²) >= 11 is 0. The van der Waals surface area contributed by atoms with Gasteiger partial charge in [0.1, 0.15) is 0 Å². The van der Waals surface area contributed by atoms with Gasteiger partial charge in [-0.15, -0.1) is 9.36 Å². The SMILES string of the molecule is CC1(N)n2ccc[n+]2C[n+]2cccn21. The van der Waals surface area contributed by atoms with Crippen molar-refractivity contribution in [3.63, 3.8) is 0 Å². The molecule has 0 saturated carbocycles. The molecule has 5 heteroatoms. The summed E-state index contributed by atoms with van der Waals surface area (Å²) in [6.07, 6.45) is 8.02. The van der Waals surface area contributed by atoms with Crippen LogP contribution in [0.1, 0.15) is 6.92 Å². The maximum absolute atomic E-state index is 6.27. The van der Waals surface area contributed by atoms with Gasteiger partial charge in [-0.2, -0.15) is 0 Å². The Kier molecular flexibility index (Phi) is 1.24. The fraction of sp³-hybridized carbons (Fsp3) is 0.333. The number of aromatic nitrogens is 4. The molecule has 3 rings (SSSR count). The van der Waals surface area contributed by atoms with E-state index in [2.05, 4.69) is 9.36 Å². The third-order valence-corrected chi connectivity index (χ3v) is 2.74. The number of rotatable bonds is 0. The molecule has 0 saturated heterocycles. The van der Waals surface area contributed by atoms with Gasteiger partial charge in [-0.1, -0.05) is 0 Å². The molecule has 72 valence electrons. The monoisotopic (exact) mass is 191 g/mol. The topological polar surface area (TPSA) is 43.6 Å². The predicted molar refractivity (Wildman–Crippen MR) is 47.9 cm³/mol. The molecule has 2 aromatic heterocycles. The molecule has 0 unspecified atom stereocenters. The second kappa shape index (κ2) is 2.24. The van der Waals surface area contributed by atoms with Crippen molar-refractivity contribution in [3.8, 4) is 0 Å². The van der Waals surface area contributed by atoms with Crippen LogP contribution in [-0.4, -0.2) is 9.36 Å². The van der Waals surface area contributed by atoms with E-state index in [0.717, 1.165) is 6.67 Å². The molecule has 0 amide bonds. The number of nitrogens with two attached hydrogens (primary N) is 1. The highest BCUT2D eigenvalue weighted by Crippen LogP contribution is 2.09. The van der Waals surface area contributed by atoms with Crippen LogP contribution in [0.4, 0.5) is 0 Å². The first-order chi connectivity index (χ1) is 6.69. The second-order valence-corrected chi connectivity index (χ2v) is 3.78. The zero-order chi connectivity index (χ0) is 9.76. The van der Waals surface area contributed by atoms with Crippen LogP contribution in [0.15, 0.2) is 36.9 Å². The van der Waals surface area contributed by atoms with Crippen molar-refractivity contribution in [2.75, 3.05) is 0 Å². The molecule has 0 aromatic carbocycles. The molecule has 2 N–H and O–H groups in total. The molecule has 1 aliphatic heterocycles. The smallest absolute Gasteiger partial charge is 0.282 e. The standard InChI is InChI=1S/C9H13N5/c1-9(10)13-6-2-4-11(13)8-12-5-3-7-14(9)12/h2-7H,8,10H2,1H3/q+2. The van der Waals surface area contributed by atoms with Gasteiger partial charge in [0, 0.05) is 19.1 Å². The van der Waals surface area contributed by atoms with Gasteiger partial charge >= 0.3 is 6.67 Å². The van der Waals surface area contributed by atoms with E-state index in [1.807, 2.05) is 53.2 Å². The molecule has 14 heavy (non-hydrogen) atoms. The van der Waals surface area contributed by atoms with Crippen molar-refractivity contribution in [3.05, 3.63) is 36.9 Å². The van der Waals surface area contributed by atoms with Crippen molar-refractivity contribution >= 4 is 0 Å². The summed E-state index contributed by atoms with van der Waals surface area (Å²) in [6.45, 7) is 2.78. The summed E-state index contributed by atoms with van der Waals surface area (Å²) in [5, 5.41) is 0. The van der Waals surface area contributed by atoms with Crippen LogP contribution in [-0.2, 0) is 12.5 Å². The summed E-state index contributed by atoms with van der Waals surface area (Å²) < 4.78 is 8.21.